The molecule has 3 nitrogen and oxygen atoms in total. The highest BCUT2D eigenvalue weighted by Gasteiger charge is 2.13. The maximum absolute atomic E-state index is 13.6. The second kappa shape index (κ2) is 7.47. The summed E-state index contributed by atoms with van der Waals surface area (Å²) in [6.07, 6.45) is 0. The summed E-state index contributed by atoms with van der Waals surface area (Å²) in [5, 5.41) is 3.97. The van der Waals surface area contributed by atoms with Crippen LogP contribution >= 0.6 is 38.5 Å². The van der Waals surface area contributed by atoms with Gasteiger partial charge in [0.1, 0.15) is 17.5 Å². The molecule has 0 radical (unpaired) electrons. The van der Waals surface area contributed by atoms with E-state index in [4.69, 9.17) is 0 Å². The van der Waals surface area contributed by atoms with E-state index in [1.54, 1.807) is 24.3 Å². The van der Waals surface area contributed by atoms with Crippen molar-refractivity contribution in [3.05, 3.63) is 80.3 Å². The van der Waals surface area contributed by atoms with Crippen LogP contribution in [0.2, 0.25) is 0 Å². The van der Waals surface area contributed by atoms with E-state index in [1.165, 1.54) is 24.3 Å². The normalized spacial score (nSPS) is 11.0. The standard InChI is InChI=1S/C20H11BrF2IN3/c21-12-8-16-18(17(24)9-12)26-19(11-4-6-13(22)7-5-11)27-20(16)25-15-3-1-2-14(23)10-15/h1-10H,(H,25,26,27). The van der Waals surface area contributed by atoms with Crippen LogP contribution in [0.25, 0.3) is 22.3 Å². The van der Waals surface area contributed by atoms with Gasteiger partial charge in [0, 0.05) is 24.7 Å². The van der Waals surface area contributed by atoms with Crippen LogP contribution in [0, 0.1) is 15.2 Å². The van der Waals surface area contributed by atoms with Crippen molar-refractivity contribution in [1.82, 2.24) is 9.97 Å². The van der Waals surface area contributed by atoms with E-state index in [0.29, 0.717) is 22.9 Å². The summed E-state index contributed by atoms with van der Waals surface area (Å²) in [7, 11) is 0. The van der Waals surface area contributed by atoms with Gasteiger partial charge in [-0.25, -0.2) is 18.7 Å². The number of anilines is 2. The average Bonchev–Trinajstić information content (AvgIpc) is 2.63. The molecule has 0 bridgehead atoms. The number of fused-ring (bicyclic) bond motifs is 1. The van der Waals surface area contributed by atoms with Crippen LogP contribution < -0.4 is 5.32 Å². The predicted octanol–water partition coefficient (Wildman–Crippen LogP) is 6.69. The maximum atomic E-state index is 13.6. The Morgan fingerprint density at radius 3 is 2.41 bits per heavy atom. The van der Waals surface area contributed by atoms with Crippen molar-refractivity contribution in [2.24, 2.45) is 0 Å². The number of hydrogen-bond donors (Lipinski definition) is 1. The smallest absolute Gasteiger partial charge is 0.162 e. The first-order valence-corrected chi connectivity index (χ1v) is 9.82. The Kier molecular flexibility index (Phi) is 5.05. The van der Waals surface area contributed by atoms with E-state index in [2.05, 4.69) is 53.8 Å². The Hall–Kier alpha value is -2.13. The van der Waals surface area contributed by atoms with E-state index < -0.39 is 0 Å². The molecule has 1 N–H and O–H groups in total. The minimum absolute atomic E-state index is 0.323. The molecule has 4 aromatic rings. The first-order valence-electron chi connectivity index (χ1n) is 7.95. The molecule has 134 valence electrons. The summed E-state index contributed by atoms with van der Waals surface area (Å²) in [5.41, 5.74) is 2.03. The summed E-state index contributed by atoms with van der Waals surface area (Å²) in [6.45, 7) is 0. The van der Waals surface area contributed by atoms with Crippen LogP contribution in [0.15, 0.2) is 65.1 Å². The van der Waals surface area contributed by atoms with Gasteiger partial charge in [-0.1, -0.05) is 22.0 Å². The van der Waals surface area contributed by atoms with Gasteiger partial charge in [0.2, 0.25) is 0 Å². The monoisotopic (exact) mass is 537 g/mol. The van der Waals surface area contributed by atoms with Crippen LogP contribution in [0.3, 0.4) is 0 Å². The number of halogens is 4. The molecule has 27 heavy (non-hydrogen) atoms. The van der Waals surface area contributed by atoms with E-state index in [9.17, 15) is 8.78 Å². The highest BCUT2D eigenvalue weighted by atomic mass is 127. The zero-order chi connectivity index (χ0) is 19.0. The molecule has 7 heteroatoms. The zero-order valence-corrected chi connectivity index (χ0v) is 17.4. The number of benzene rings is 3. The molecule has 0 aliphatic carbocycles. The van der Waals surface area contributed by atoms with Gasteiger partial charge in [-0.05, 0) is 77.2 Å². The van der Waals surface area contributed by atoms with E-state index >= 15 is 0 Å². The Morgan fingerprint density at radius 1 is 0.889 bits per heavy atom. The summed E-state index contributed by atoms with van der Waals surface area (Å²) in [5.74, 6) is 0.342. The number of rotatable bonds is 3. The zero-order valence-electron chi connectivity index (χ0n) is 13.7. The molecule has 4 rings (SSSR count). The third kappa shape index (κ3) is 3.93. The number of aromatic nitrogens is 2. The van der Waals surface area contributed by atoms with Gasteiger partial charge >= 0.3 is 0 Å². The van der Waals surface area contributed by atoms with Crippen molar-refractivity contribution in [3.8, 4) is 11.4 Å². The minimum atomic E-state index is -0.340. The summed E-state index contributed by atoms with van der Waals surface area (Å²) < 4.78 is 28.7. The quantitative estimate of drug-likeness (QED) is 0.296. The van der Waals surface area contributed by atoms with Gasteiger partial charge in [0.05, 0.1) is 5.52 Å². The Balaban J connectivity index is 1.92. The minimum Gasteiger partial charge on any atom is -0.340 e. The molecule has 0 fully saturated rings. The average molecular weight is 538 g/mol. The fourth-order valence-electron chi connectivity index (χ4n) is 2.68. The molecule has 3 aromatic carbocycles. The van der Waals surface area contributed by atoms with Crippen molar-refractivity contribution >= 4 is 60.9 Å². The molecule has 0 amide bonds. The highest BCUT2D eigenvalue weighted by Crippen LogP contribution is 2.32. The Labute approximate surface area is 176 Å². The topological polar surface area (TPSA) is 37.8 Å². The van der Waals surface area contributed by atoms with Gasteiger partial charge in [-0.3, -0.25) is 0 Å². The van der Waals surface area contributed by atoms with Crippen molar-refractivity contribution in [2.75, 3.05) is 5.32 Å². The van der Waals surface area contributed by atoms with Gasteiger partial charge in [0.15, 0.2) is 5.82 Å². The van der Waals surface area contributed by atoms with Crippen molar-refractivity contribution in [1.29, 1.82) is 0 Å². The van der Waals surface area contributed by atoms with Crippen LogP contribution in [-0.2, 0) is 0 Å². The van der Waals surface area contributed by atoms with Gasteiger partial charge in [-0.15, -0.1) is 0 Å². The predicted molar refractivity (Wildman–Crippen MR) is 115 cm³/mol. The fourth-order valence-corrected chi connectivity index (χ4v) is 4.32. The third-order valence-corrected chi connectivity index (χ3v) is 5.19. The first kappa shape index (κ1) is 18.2. The number of nitrogens with one attached hydrogen (secondary N) is 1. The molecule has 0 unspecified atom stereocenters. The molecular formula is C20H11BrF2IN3. The number of nitrogens with zero attached hydrogens (tertiary/aromatic N) is 2. The third-order valence-electron chi connectivity index (χ3n) is 3.91. The molecule has 0 saturated heterocycles. The number of hydrogen-bond acceptors (Lipinski definition) is 3. The molecule has 0 atom stereocenters. The largest absolute Gasteiger partial charge is 0.340 e. The Morgan fingerprint density at radius 2 is 1.67 bits per heavy atom. The van der Waals surface area contributed by atoms with Crippen LogP contribution in [0.1, 0.15) is 0 Å². The molecule has 0 aliphatic rings. The first-order chi connectivity index (χ1) is 13.0. The molecule has 1 heterocycles. The lowest BCUT2D eigenvalue weighted by Crippen LogP contribution is -2.01. The van der Waals surface area contributed by atoms with E-state index in [1.807, 2.05) is 12.1 Å². The van der Waals surface area contributed by atoms with Gasteiger partial charge in [-0.2, -0.15) is 0 Å². The molecule has 1 aromatic heterocycles. The van der Waals surface area contributed by atoms with Crippen molar-refractivity contribution in [2.45, 2.75) is 0 Å². The van der Waals surface area contributed by atoms with Gasteiger partial charge in [0.25, 0.3) is 0 Å². The summed E-state index contributed by atoms with van der Waals surface area (Å²) >= 11 is 5.71. The summed E-state index contributed by atoms with van der Waals surface area (Å²) in [6, 6.07) is 16.0. The van der Waals surface area contributed by atoms with Crippen LogP contribution in [0.4, 0.5) is 20.3 Å². The van der Waals surface area contributed by atoms with Crippen LogP contribution in [-0.4, -0.2) is 9.97 Å². The Bertz CT molecular complexity index is 1150. The van der Waals surface area contributed by atoms with Crippen LogP contribution in [0.5, 0.6) is 0 Å². The SMILES string of the molecule is Fc1ccc(-c2nc(Nc3cccc(F)c3)c3cc(Br)cc(I)c3n2)cc1. The lowest BCUT2D eigenvalue weighted by Gasteiger charge is -2.12. The molecular weight excluding hydrogens is 527 g/mol. The van der Waals surface area contributed by atoms with E-state index in [0.717, 1.165) is 18.9 Å². The molecule has 0 spiro atoms. The fraction of sp³-hybridized carbons (Fsp3) is 0. The second-order valence-corrected chi connectivity index (χ2v) is 7.90. The lowest BCUT2D eigenvalue weighted by molar-refractivity contribution is 0.628. The van der Waals surface area contributed by atoms with Crippen molar-refractivity contribution in [3.63, 3.8) is 0 Å². The summed E-state index contributed by atoms with van der Waals surface area (Å²) in [4.78, 5) is 9.28. The van der Waals surface area contributed by atoms with E-state index in [-0.39, 0.29) is 11.6 Å². The highest BCUT2D eigenvalue weighted by molar-refractivity contribution is 14.1. The second-order valence-electron chi connectivity index (χ2n) is 5.82. The van der Waals surface area contributed by atoms with Crippen molar-refractivity contribution < 1.29 is 8.78 Å². The molecule has 0 saturated carbocycles. The molecule has 0 aliphatic heterocycles. The lowest BCUT2D eigenvalue weighted by atomic mass is 10.1. The van der Waals surface area contributed by atoms with Gasteiger partial charge < -0.3 is 5.32 Å². The maximum Gasteiger partial charge on any atom is 0.162 e.